The van der Waals surface area contributed by atoms with Gasteiger partial charge in [0, 0.05) is 53.9 Å². The van der Waals surface area contributed by atoms with E-state index in [2.05, 4.69) is 46.9 Å². The lowest BCUT2D eigenvalue weighted by molar-refractivity contribution is -0.145. The molecule has 3 aromatic rings. The predicted octanol–water partition coefficient (Wildman–Crippen LogP) is 4.29. The van der Waals surface area contributed by atoms with Crippen LogP contribution in [0.5, 0.6) is 0 Å². The summed E-state index contributed by atoms with van der Waals surface area (Å²) < 4.78 is 38.8. The van der Waals surface area contributed by atoms with Crippen molar-refractivity contribution in [1.29, 1.82) is 10.5 Å². The minimum atomic E-state index is -4.75. The molecule has 1 aliphatic carbocycles. The molecule has 0 saturated heterocycles. The molecule has 0 bridgehead atoms. The largest absolute Gasteiger partial charge is 0.451 e. The van der Waals surface area contributed by atoms with Gasteiger partial charge < -0.3 is 0 Å². The van der Waals surface area contributed by atoms with Crippen molar-refractivity contribution < 1.29 is 13.2 Å². The molecule has 9 nitrogen and oxygen atoms in total. The van der Waals surface area contributed by atoms with Gasteiger partial charge >= 0.3 is 6.18 Å². The van der Waals surface area contributed by atoms with Crippen molar-refractivity contribution >= 4 is 16.8 Å². The summed E-state index contributed by atoms with van der Waals surface area (Å²) in [5, 5.41) is 19.9. The average Bonchev–Trinajstić information content (AvgIpc) is 3.56. The molecule has 1 saturated carbocycles. The molecule has 174 valence electrons. The Morgan fingerprint density at radius 3 is 1.44 bits per heavy atom. The maximum absolute atomic E-state index is 12.9. The van der Waals surface area contributed by atoms with Crippen molar-refractivity contribution in [1.82, 2.24) is 29.9 Å². The van der Waals surface area contributed by atoms with Crippen molar-refractivity contribution in [3.05, 3.63) is 99.5 Å². The second-order valence-electron chi connectivity index (χ2n) is 7.39. The molecule has 36 heavy (non-hydrogen) atoms. The lowest BCUT2D eigenvalue weighted by Gasteiger charge is -2.04. The van der Waals surface area contributed by atoms with E-state index in [1.807, 2.05) is 0 Å². The first-order chi connectivity index (χ1) is 17.2. The fourth-order valence-electron chi connectivity index (χ4n) is 3.36. The Kier molecular flexibility index (Phi) is 6.07. The third-order valence-corrected chi connectivity index (χ3v) is 5.08. The van der Waals surface area contributed by atoms with E-state index >= 15 is 0 Å². The number of nitriles is 2. The fraction of sp³-hybridized carbons (Fsp3) is 0.125. The summed E-state index contributed by atoms with van der Waals surface area (Å²) in [6.45, 7) is 11.1. The number of allylic oxidation sites excluding steroid dienone is 5. The Hall–Kier alpha value is -5.28. The molecule has 3 aromatic heterocycles. The zero-order valence-corrected chi connectivity index (χ0v) is 18.6. The molecule has 3 heterocycles. The summed E-state index contributed by atoms with van der Waals surface area (Å²) in [7, 11) is 0. The monoisotopic (exact) mass is 483 g/mol. The normalized spacial score (nSPS) is 15.3. The van der Waals surface area contributed by atoms with Gasteiger partial charge in [-0.3, -0.25) is 0 Å². The zero-order valence-electron chi connectivity index (χ0n) is 18.6. The second-order valence-corrected chi connectivity index (χ2v) is 7.39. The smallest absolute Gasteiger partial charge is 0.241 e. The number of alkyl halides is 3. The summed E-state index contributed by atoms with van der Waals surface area (Å²) >= 11 is 0. The molecule has 1 aliphatic rings. The summed E-state index contributed by atoms with van der Waals surface area (Å²) in [5.74, 6) is -0.407. The van der Waals surface area contributed by atoms with E-state index in [1.54, 1.807) is 13.8 Å². The van der Waals surface area contributed by atoms with Crippen LogP contribution >= 0.6 is 0 Å². The van der Waals surface area contributed by atoms with Crippen LogP contribution in [0.4, 0.5) is 13.2 Å². The first-order valence-electron chi connectivity index (χ1n) is 10.1. The lowest BCUT2D eigenvalue weighted by Crippen LogP contribution is -2.10. The van der Waals surface area contributed by atoms with E-state index < -0.39 is 12.0 Å². The van der Waals surface area contributed by atoms with Crippen molar-refractivity contribution in [3.8, 4) is 12.1 Å². The molecule has 0 aromatic carbocycles. The summed E-state index contributed by atoms with van der Waals surface area (Å²) in [6, 6.07) is 4.13. The number of halogens is 3. The van der Waals surface area contributed by atoms with Crippen LogP contribution in [0.1, 0.15) is 34.2 Å². The van der Waals surface area contributed by atoms with Crippen molar-refractivity contribution in [2.24, 2.45) is 0 Å². The minimum absolute atomic E-state index is 0.00427. The number of hydrogen-bond donors (Lipinski definition) is 0. The molecular weight excluding hydrogens is 471 g/mol. The Labute approximate surface area is 202 Å². The number of rotatable bonds is 3. The highest BCUT2D eigenvalue weighted by Gasteiger charge is 2.41. The van der Waals surface area contributed by atoms with Crippen molar-refractivity contribution in [2.45, 2.75) is 20.0 Å². The van der Waals surface area contributed by atoms with Crippen molar-refractivity contribution in [3.63, 3.8) is 0 Å². The highest BCUT2D eigenvalue weighted by atomic mass is 19.4. The molecule has 0 N–H and O–H groups in total. The van der Waals surface area contributed by atoms with E-state index in [1.165, 1.54) is 24.8 Å². The number of aryl methyl sites for hydroxylation is 2. The van der Waals surface area contributed by atoms with E-state index in [-0.39, 0.29) is 39.1 Å². The molecule has 4 rings (SSSR count). The maximum Gasteiger partial charge on any atom is 0.451 e. The zero-order chi connectivity index (χ0) is 26.0. The second kappa shape index (κ2) is 9.16. The van der Waals surface area contributed by atoms with Gasteiger partial charge in [0.2, 0.25) is 11.5 Å². The molecule has 0 unspecified atom stereocenters. The van der Waals surface area contributed by atoms with Crippen LogP contribution in [-0.2, 0) is 6.18 Å². The van der Waals surface area contributed by atoms with Crippen LogP contribution in [0, 0.1) is 43.1 Å². The molecule has 12 heteroatoms. The maximum atomic E-state index is 12.9. The Morgan fingerprint density at radius 2 is 1.11 bits per heavy atom. The Morgan fingerprint density at radius 1 is 0.722 bits per heavy atom. The summed E-state index contributed by atoms with van der Waals surface area (Å²) in [4.78, 5) is 26.5. The lowest BCUT2D eigenvalue weighted by atomic mass is 10.1. The van der Waals surface area contributed by atoms with Crippen LogP contribution in [0.3, 0.4) is 0 Å². The summed E-state index contributed by atoms with van der Waals surface area (Å²) in [5.41, 5.74) is 1.51. The first kappa shape index (κ1) is 23.9. The van der Waals surface area contributed by atoms with E-state index in [9.17, 15) is 23.7 Å². The third kappa shape index (κ3) is 4.41. The van der Waals surface area contributed by atoms with E-state index in [0.29, 0.717) is 22.8 Å². The number of hydrogen-bond acceptors (Lipinski definition) is 8. The molecule has 0 spiro atoms. The van der Waals surface area contributed by atoms with Crippen molar-refractivity contribution in [2.75, 3.05) is 0 Å². The Balaban J connectivity index is 2.02. The van der Waals surface area contributed by atoms with E-state index in [0.717, 1.165) is 12.4 Å². The highest BCUT2D eigenvalue weighted by molar-refractivity contribution is 6.10. The van der Waals surface area contributed by atoms with Gasteiger partial charge in [-0.2, -0.15) is 23.7 Å². The first-order valence-corrected chi connectivity index (χ1v) is 10.1. The van der Waals surface area contributed by atoms with Gasteiger partial charge in [-0.1, -0.05) is 0 Å². The molecule has 1 fully saturated rings. The quantitative estimate of drug-likeness (QED) is 0.398. The molecule has 0 atom stereocenters. The SMILES string of the molecule is [C-]#[N+]C(=C1C(=C(C#N)c2cnc(C)nc2)C1=C(C#N)c1cnc(C)nc1)c1cnc(C(F)(F)F)nc1. The molecule has 0 amide bonds. The summed E-state index contributed by atoms with van der Waals surface area (Å²) in [6.07, 6.45) is 2.74. The minimum Gasteiger partial charge on any atom is -0.241 e. The fourth-order valence-corrected chi connectivity index (χ4v) is 3.36. The van der Waals surface area contributed by atoms with Crippen LogP contribution in [-0.4, -0.2) is 29.9 Å². The van der Waals surface area contributed by atoms with Gasteiger partial charge in [-0.05, 0) is 30.6 Å². The van der Waals surface area contributed by atoms with Gasteiger partial charge in [-0.15, -0.1) is 0 Å². The van der Waals surface area contributed by atoms with E-state index in [4.69, 9.17) is 6.57 Å². The topological polar surface area (TPSA) is 129 Å². The van der Waals surface area contributed by atoms with Gasteiger partial charge in [0.25, 0.3) is 0 Å². The molecular formula is C24H12F3N9. The van der Waals surface area contributed by atoms with Gasteiger partial charge in [0.1, 0.15) is 23.8 Å². The van der Waals surface area contributed by atoms with Crippen LogP contribution in [0.25, 0.3) is 21.7 Å². The predicted molar refractivity (Wildman–Crippen MR) is 119 cm³/mol. The van der Waals surface area contributed by atoms with Gasteiger partial charge in [-0.25, -0.2) is 34.7 Å². The molecule has 0 aliphatic heterocycles. The third-order valence-electron chi connectivity index (χ3n) is 5.08. The average molecular weight is 483 g/mol. The standard InChI is InChI=1S/C24H12F3N9/c1-12-31-6-14(7-32-12)17(4-28)19-20(18(5-29)15-8-33-13(2)34-9-15)21(19)22(30-3)16-10-35-23(36-11-16)24(25,26)27/h6-11H,1-2H3. The Bertz CT molecular complexity index is 1490. The molecule has 0 radical (unpaired) electrons. The number of nitrogens with zero attached hydrogens (tertiary/aromatic N) is 9. The number of aromatic nitrogens is 6. The highest BCUT2D eigenvalue weighted by Crippen LogP contribution is 2.56. The van der Waals surface area contributed by atoms with Gasteiger partial charge in [0.15, 0.2) is 0 Å². The van der Waals surface area contributed by atoms with Crippen LogP contribution in [0.15, 0.2) is 53.9 Å². The van der Waals surface area contributed by atoms with Gasteiger partial charge in [0.05, 0.1) is 17.7 Å². The van der Waals surface area contributed by atoms with Crippen LogP contribution < -0.4 is 0 Å². The van der Waals surface area contributed by atoms with Crippen LogP contribution in [0.2, 0.25) is 0 Å².